The molecule has 0 bridgehead atoms. The number of carbonyl (C=O) groups excluding carboxylic acids is 1. The summed E-state index contributed by atoms with van der Waals surface area (Å²) in [5.74, 6) is 0.162. The Balaban J connectivity index is 1.88. The molecule has 4 atom stereocenters. The van der Waals surface area contributed by atoms with E-state index in [1.54, 1.807) is 0 Å². The Morgan fingerprint density at radius 3 is 2.71 bits per heavy atom. The van der Waals surface area contributed by atoms with Gasteiger partial charge in [-0.2, -0.15) is 0 Å². The SMILES string of the molecule is CC1CCC(C(=O)NC2CCCC2C(N)=S)O1. The highest BCUT2D eigenvalue weighted by Gasteiger charge is 2.34. The van der Waals surface area contributed by atoms with E-state index in [1.165, 1.54) is 0 Å². The van der Waals surface area contributed by atoms with Crippen LogP contribution in [-0.2, 0) is 9.53 Å². The van der Waals surface area contributed by atoms with Crippen molar-refractivity contribution in [2.45, 2.75) is 57.3 Å². The van der Waals surface area contributed by atoms with E-state index in [1.807, 2.05) is 6.92 Å². The average Bonchev–Trinajstić information content (AvgIpc) is 2.86. The summed E-state index contributed by atoms with van der Waals surface area (Å²) < 4.78 is 5.55. The lowest BCUT2D eigenvalue weighted by molar-refractivity contribution is -0.132. The van der Waals surface area contributed by atoms with Gasteiger partial charge in [0.25, 0.3) is 0 Å². The molecule has 4 nitrogen and oxygen atoms in total. The number of amides is 1. The molecule has 0 aromatic rings. The lowest BCUT2D eigenvalue weighted by atomic mass is 10.0. The van der Waals surface area contributed by atoms with Gasteiger partial charge < -0.3 is 15.8 Å². The Hall–Kier alpha value is -0.680. The average molecular weight is 256 g/mol. The fourth-order valence-electron chi connectivity index (χ4n) is 2.74. The van der Waals surface area contributed by atoms with Crippen molar-refractivity contribution in [3.05, 3.63) is 0 Å². The lowest BCUT2D eigenvalue weighted by Gasteiger charge is -2.21. The number of rotatable bonds is 3. The van der Waals surface area contributed by atoms with Gasteiger partial charge in [-0.25, -0.2) is 0 Å². The van der Waals surface area contributed by atoms with Crippen molar-refractivity contribution in [3.8, 4) is 0 Å². The number of hydrogen-bond donors (Lipinski definition) is 2. The summed E-state index contributed by atoms with van der Waals surface area (Å²) in [5.41, 5.74) is 5.69. The molecule has 5 heteroatoms. The standard InChI is InChI=1S/C12H20N2O2S/c1-7-5-6-10(16-7)12(15)14-9-4-2-3-8(9)11(13)17/h7-10H,2-6H2,1H3,(H2,13,17)(H,14,15). The molecule has 17 heavy (non-hydrogen) atoms. The number of ether oxygens (including phenoxy) is 1. The largest absolute Gasteiger partial charge is 0.393 e. The number of hydrogen-bond acceptors (Lipinski definition) is 3. The predicted molar refractivity (Wildman–Crippen MR) is 69.6 cm³/mol. The first-order chi connectivity index (χ1) is 8.08. The lowest BCUT2D eigenvalue weighted by Crippen LogP contribution is -2.45. The first kappa shape index (κ1) is 12.8. The Bertz CT molecular complexity index is 322. The molecule has 1 amide bonds. The molecule has 96 valence electrons. The highest BCUT2D eigenvalue weighted by Crippen LogP contribution is 2.27. The van der Waals surface area contributed by atoms with Crippen LogP contribution < -0.4 is 11.1 Å². The van der Waals surface area contributed by atoms with Crippen molar-refractivity contribution in [1.29, 1.82) is 0 Å². The fourth-order valence-corrected chi connectivity index (χ4v) is 3.03. The molecule has 0 aromatic heterocycles. The van der Waals surface area contributed by atoms with Crippen LogP contribution in [0.1, 0.15) is 39.0 Å². The molecular weight excluding hydrogens is 236 g/mol. The van der Waals surface area contributed by atoms with Crippen LogP contribution in [0.3, 0.4) is 0 Å². The highest BCUT2D eigenvalue weighted by atomic mass is 32.1. The van der Waals surface area contributed by atoms with Crippen molar-refractivity contribution in [2.24, 2.45) is 11.7 Å². The van der Waals surface area contributed by atoms with Gasteiger partial charge in [0.2, 0.25) is 5.91 Å². The zero-order valence-corrected chi connectivity index (χ0v) is 11.0. The Kier molecular flexibility index (Phi) is 3.99. The zero-order valence-electron chi connectivity index (χ0n) is 10.1. The third-order valence-corrected chi connectivity index (χ3v) is 4.04. The third kappa shape index (κ3) is 2.96. The number of thiocarbonyl (C=S) groups is 1. The predicted octanol–water partition coefficient (Wildman–Crippen LogP) is 1.12. The second-order valence-electron chi connectivity index (χ2n) is 5.07. The first-order valence-electron chi connectivity index (χ1n) is 6.33. The Morgan fingerprint density at radius 1 is 1.35 bits per heavy atom. The minimum absolute atomic E-state index is 0.00231. The summed E-state index contributed by atoms with van der Waals surface area (Å²) in [4.78, 5) is 12.5. The molecule has 3 N–H and O–H groups in total. The summed E-state index contributed by atoms with van der Waals surface area (Å²) in [6.45, 7) is 2.00. The second-order valence-corrected chi connectivity index (χ2v) is 5.54. The van der Waals surface area contributed by atoms with Crippen LogP contribution in [0, 0.1) is 5.92 Å². The van der Waals surface area contributed by atoms with Crippen molar-refractivity contribution in [2.75, 3.05) is 0 Å². The monoisotopic (exact) mass is 256 g/mol. The highest BCUT2D eigenvalue weighted by molar-refractivity contribution is 7.80. The summed E-state index contributed by atoms with van der Waals surface area (Å²) in [7, 11) is 0. The molecule has 0 radical (unpaired) electrons. The van der Waals surface area contributed by atoms with Crippen LogP contribution in [0.4, 0.5) is 0 Å². The maximum absolute atomic E-state index is 12.0. The first-order valence-corrected chi connectivity index (χ1v) is 6.74. The van der Waals surface area contributed by atoms with E-state index in [0.29, 0.717) is 4.99 Å². The van der Waals surface area contributed by atoms with Crippen molar-refractivity contribution in [1.82, 2.24) is 5.32 Å². The van der Waals surface area contributed by atoms with Crippen LogP contribution in [-0.4, -0.2) is 29.1 Å². The van der Waals surface area contributed by atoms with Gasteiger partial charge in [0.15, 0.2) is 0 Å². The molecule has 1 aliphatic carbocycles. The maximum Gasteiger partial charge on any atom is 0.249 e. The summed E-state index contributed by atoms with van der Waals surface area (Å²) >= 11 is 5.03. The van der Waals surface area contributed by atoms with Crippen molar-refractivity contribution >= 4 is 23.1 Å². The quantitative estimate of drug-likeness (QED) is 0.743. The van der Waals surface area contributed by atoms with Gasteiger partial charge in [0, 0.05) is 12.0 Å². The molecule has 0 aromatic carbocycles. The van der Waals surface area contributed by atoms with E-state index in [9.17, 15) is 4.79 Å². The van der Waals surface area contributed by atoms with Gasteiger partial charge in [-0.3, -0.25) is 4.79 Å². The fraction of sp³-hybridized carbons (Fsp3) is 0.833. The van der Waals surface area contributed by atoms with E-state index in [0.717, 1.165) is 32.1 Å². The third-order valence-electron chi connectivity index (χ3n) is 3.73. The van der Waals surface area contributed by atoms with Crippen LogP contribution >= 0.6 is 12.2 Å². The molecule has 2 fully saturated rings. The smallest absolute Gasteiger partial charge is 0.249 e. The normalized spacial score (nSPS) is 37.0. The Labute approximate surface area is 107 Å². The molecule has 1 saturated heterocycles. The van der Waals surface area contributed by atoms with E-state index < -0.39 is 0 Å². The van der Waals surface area contributed by atoms with Gasteiger partial charge in [-0.05, 0) is 32.6 Å². The van der Waals surface area contributed by atoms with Crippen LogP contribution in [0.15, 0.2) is 0 Å². The Morgan fingerprint density at radius 2 is 2.12 bits per heavy atom. The summed E-state index contributed by atoms with van der Waals surface area (Å²) in [6, 6.07) is 0.111. The molecule has 2 rings (SSSR count). The van der Waals surface area contributed by atoms with Crippen LogP contribution in [0.2, 0.25) is 0 Å². The summed E-state index contributed by atoms with van der Waals surface area (Å²) in [5, 5.41) is 3.04. The molecule has 2 aliphatic rings. The van der Waals surface area contributed by atoms with Gasteiger partial charge in [-0.1, -0.05) is 18.6 Å². The topological polar surface area (TPSA) is 64.4 Å². The number of carbonyl (C=O) groups is 1. The van der Waals surface area contributed by atoms with E-state index >= 15 is 0 Å². The zero-order chi connectivity index (χ0) is 12.4. The van der Waals surface area contributed by atoms with Crippen molar-refractivity contribution in [3.63, 3.8) is 0 Å². The van der Waals surface area contributed by atoms with Gasteiger partial charge in [0.1, 0.15) is 6.10 Å². The van der Waals surface area contributed by atoms with Gasteiger partial charge in [0.05, 0.1) is 11.1 Å². The van der Waals surface area contributed by atoms with Crippen LogP contribution in [0.25, 0.3) is 0 Å². The second kappa shape index (κ2) is 5.31. The number of nitrogens with two attached hydrogens (primary N) is 1. The van der Waals surface area contributed by atoms with E-state index in [4.69, 9.17) is 22.7 Å². The van der Waals surface area contributed by atoms with Gasteiger partial charge in [-0.15, -0.1) is 0 Å². The van der Waals surface area contributed by atoms with Gasteiger partial charge >= 0.3 is 0 Å². The van der Waals surface area contributed by atoms with Crippen molar-refractivity contribution < 1.29 is 9.53 Å². The minimum atomic E-state index is -0.280. The summed E-state index contributed by atoms with van der Waals surface area (Å²) in [6.07, 6.45) is 4.73. The minimum Gasteiger partial charge on any atom is -0.393 e. The molecule has 0 spiro atoms. The molecule has 1 saturated carbocycles. The van der Waals surface area contributed by atoms with E-state index in [-0.39, 0.29) is 30.1 Å². The molecular formula is C12H20N2O2S. The maximum atomic E-state index is 12.0. The molecule has 1 heterocycles. The molecule has 4 unspecified atom stereocenters. The molecule has 1 aliphatic heterocycles. The van der Waals surface area contributed by atoms with E-state index in [2.05, 4.69) is 5.32 Å². The number of nitrogens with one attached hydrogen (secondary N) is 1. The van der Waals surface area contributed by atoms with Crippen LogP contribution in [0.5, 0.6) is 0 Å².